The largest absolute Gasteiger partial charge is 0.452 e. The van der Waals surface area contributed by atoms with Gasteiger partial charge < -0.3 is 9.64 Å². The number of rotatable bonds is 4. The van der Waals surface area contributed by atoms with Crippen molar-refractivity contribution < 1.29 is 14.3 Å². The summed E-state index contributed by atoms with van der Waals surface area (Å²) >= 11 is 0. The summed E-state index contributed by atoms with van der Waals surface area (Å²) in [4.78, 5) is 25.4. The van der Waals surface area contributed by atoms with Crippen molar-refractivity contribution in [1.82, 2.24) is 4.90 Å². The lowest BCUT2D eigenvalue weighted by Gasteiger charge is -2.21. The molecule has 0 radical (unpaired) electrons. The van der Waals surface area contributed by atoms with Gasteiger partial charge in [-0.25, -0.2) is 4.79 Å². The molecule has 0 saturated heterocycles. The predicted octanol–water partition coefficient (Wildman–Crippen LogP) is 2.59. The van der Waals surface area contributed by atoms with Crippen molar-refractivity contribution in [3.05, 3.63) is 34.9 Å². The first-order chi connectivity index (χ1) is 9.99. The molecular formula is C17H23NO3. The zero-order chi connectivity index (χ0) is 15.4. The lowest BCUT2D eigenvalue weighted by Crippen LogP contribution is -2.36. The topological polar surface area (TPSA) is 46.6 Å². The first-order valence-electron chi connectivity index (χ1n) is 7.53. The Morgan fingerprint density at radius 1 is 1.19 bits per heavy atom. The van der Waals surface area contributed by atoms with Gasteiger partial charge >= 0.3 is 5.97 Å². The second-order valence-electron chi connectivity index (χ2n) is 5.87. The van der Waals surface area contributed by atoms with E-state index in [9.17, 15) is 9.59 Å². The molecule has 0 heterocycles. The highest BCUT2D eigenvalue weighted by molar-refractivity contribution is 5.91. The molecule has 1 aliphatic rings. The molecule has 0 atom stereocenters. The van der Waals surface area contributed by atoms with E-state index in [0.29, 0.717) is 5.56 Å². The second-order valence-corrected chi connectivity index (χ2v) is 5.87. The summed E-state index contributed by atoms with van der Waals surface area (Å²) in [6.45, 7) is 3.64. The smallest absolute Gasteiger partial charge is 0.338 e. The van der Waals surface area contributed by atoms with Crippen LogP contribution in [0.2, 0.25) is 0 Å². The zero-order valence-electron chi connectivity index (χ0n) is 13.0. The molecular weight excluding hydrogens is 266 g/mol. The molecule has 1 aromatic carbocycles. The summed E-state index contributed by atoms with van der Waals surface area (Å²) in [7, 11) is 1.71. The monoisotopic (exact) mass is 289 g/mol. The number of carbonyl (C=O) groups is 2. The molecule has 0 bridgehead atoms. The Labute approximate surface area is 126 Å². The molecule has 0 unspecified atom stereocenters. The maximum Gasteiger partial charge on any atom is 0.338 e. The molecule has 1 amide bonds. The Balaban J connectivity index is 1.96. The molecule has 0 saturated carbocycles. The summed E-state index contributed by atoms with van der Waals surface area (Å²) in [5, 5.41) is 0. The summed E-state index contributed by atoms with van der Waals surface area (Å²) < 4.78 is 5.12. The van der Waals surface area contributed by atoms with Crippen LogP contribution in [0.5, 0.6) is 0 Å². The van der Waals surface area contributed by atoms with Crippen LogP contribution in [-0.4, -0.2) is 36.5 Å². The fourth-order valence-electron chi connectivity index (χ4n) is 2.46. The van der Waals surface area contributed by atoms with Gasteiger partial charge in [-0.3, -0.25) is 4.79 Å². The van der Waals surface area contributed by atoms with Gasteiger partial charge in [-0.05, 0) is 62.8 Å². The third kappa shape index (κ3) is 3.84. The fraction of sp³-hybridized carbons (Fsp3) is 0.529. The average molecular weight is 289 g/mol. The average Bonchev–Trinajstić information content (AvgIpc) is 2.50. The van der Waals surface area contributed by atoms with Crippen LogP contribution < -0.4 is 0 Å². The van der Waals surface area contributed by atoms with Crippen LogP contribution in [0.1, 0.15) is 48.2 Å². The van der Waals surface area contributed by atoms with E-state index in [-0.39, 0.29) is 18.6 Å². The SMILES string of the molecule is CC(C)N(C)C(=O)COC(=O)c1ccc2c(c1)CCCC2. The first-order valence-corrected chi connectivity index (χ1v) is 7.53. The van der Waals surface area contributed by atoms with Crippen LogP contribution in [0.15, 0.2) is 18.2 Å². The van der Waals surface area contributed by atoms with E-state index in [1.165, 1.54) is 24.0 Å². The van der Waals surface area contributed by atoms with E-state index in [4.69, 9.17) is 4.74 Å². The molecule has 114 valence electrons. The number of ether oxygens (including phenoxy) is 1. The van der Waals surface area contributed by atoms with Gasteiger partial charge in [-0.1, -0.05) is 6.07 Å². The highest BCUT2D eigenvalue weighted by Crippen LogP contribution is 2.22. The second kappa shape index (κ2) is 6.74. The number of hydrogen-bond donors (Lipinski definition) is 0. The van der Waals surface area contributed by atoms with E-state index in [0.717, 1.165) is 12.8 Å². The maximum absolute atomic E-state index is 12.0. The highest BCUT2D eigenvalue weighted by atomic mass is 16.5. The van der Waals surface area contributed by atoms with Crippen LogP contribution in [0.4, 0.5) is 0 Å². The zero-order valence-corrected chi connectivity index (χ0v) is 13.0. The van der Waals surface area contributed by atoms with Crippen LogP contribution >= 0.6 is 0 Å². The molecule has 21 heavy (non-hydrogen) atoms. The van der Waals surface area contributed by atoms with Gasteiger partial charge in [0.2, 0.25) is 0 Å². The van der Waals surface area contributed by atoms with Crippen LogP contribution in [0.25, 0.3) is 0 Å². The minimum Gasteiger partial charge on any atom is -0.452 e. The molecule has 4 heteroatoms. The van der Waals surface area contributed by atoms with E-state index >= 15 is 0 Å². The minimum absolute atomic E-state index is 0.0972. The number of fused-ring (bicyclic) bond motifs is 1. The Kier molecular flexibility index (Phi) is 4.99. The maximum atomic E-state index is 12.0. The molecule has 0 spiro atoms. The number of esters is 1. The number of likely N-dealkylation sites (N-methyl/N-ethyl adjacent to an activating group) is 1. The van der Waals surface area contributed by atoms with Gasteiger partial charge in [0.1, 0.15) is 0 Å². The summed E-state index contributed by atoms with van der Waals surface area (Å²) in [6, 6.07) is 5.81. The third-order valence-electron chi connectivity index (χ3n) is 4.08. The lowest BCUT2D eigenvalue weighted by atomic mass is 9.90. The van der Waals surface area contributed by atoms with Gasteiger partial charge in [0.15, 0.2) is 6.61 Å². The molecule has 0 aromatic heterocycles. The van der Waals surface area contributed by atoms with Crippen molar-refractivity contribution in [3.8, 4) is 0 Å². The van der Waals surface area contributed by atoms with Crippen molar-refractivity contribution in [2.75, 3.05) is 13.7 Å². The van der Waals surface area contributed by atoms with E-state index in [1.807, 2.05) is 26.0 Å². The number of hydrogen-bond acceptors (Lipinski definition) is 3. The van der Waals surface area contributed by atoms with Crippen molar-refractivity contribution in [2.24, 2.45) is 0 Å². The Morgan fingerprint density at radius 3 is 2.52 bits per heavy atom. The number of amides is 1. The first kappa shape index (κ1) is 15.5. The van der Waals surface area contributed by atoms with Crippen LogP contribution in [0, 0.1) is 0 Å². The standard InChI is InChI=1S/C17H23NO3/c1-12(2)18(3)16(19)11-21-17(20)15-9-8-13-6-4-5-7-14(13)10-15/h8-10,12H,4-7,11H2,1-3H3. The van der Waals surface area contributed by atoms with Gasteiger partial charge in [-0.2, -0.15) is 0 Å². The number of carbonyl (C=O) groups excluding carboxylic acids is 2. The normalized spacial score (nSPS) is 13.7. The third-order valence-corrected chi connectivity index (χ3v) is 4.08. The van der Waals surface area contributed by atoms with E-state index in [2.05, 4.69) is 0 Å². The highest BCUT2D eigenvalue weighted by Gasteiger charge is 2.17. The van der Waals surface area contributed by atoms with Crippen molar-refractivity contribution in [3.63, 3.8) is 0 Å². The van der Waals surface area contributed by atoms with E-state index in [1.54, 1.807) is 18.0 Å². The Bertz CT molecular complexity index is 537. The van der Waals surface area contributed by atoms with Gasteiger partial charge in [0, 0.05) is 13.1 Å². The molecule has 1 aliphatic carbocycles. The summed E-state index contributed by atoms with van der Waals surface area (Å²) in [5.74, 6) is -0.606. The Hall–Kier alpha value is -1.84. The van der Waals surface area contributed by atoms with Gasteiger partial charge in [-0.15, -0.1) is 0 Å². The fourth-order valence-corrected chi connectivity index (χ4v) is 2.46. The van der Waals surface area contributed by atoms with Crippen LogP contribution in [-0.2, 0) is 22.4 Å². The van der Waals surface area contributed by atoms with Crippen molar-refractivity contribution >= 4 is 11.9 Å². The summed E-state index contributed by atoms with van der Waals surface area (Å²) in [6.07, 6.45) is 4.49. The number of aryl methyl sites for hydroxylation is 2. The predicted molar refractivity (Wildman–Crippen MR) is 81.3 cm³/mol. The minimum atomic E-state index is -0.422. The Morgan fingerprint density at radius 2 is 1.86 bits per heavy atom. The number of benzene rings is 1. The van der Waals surface area contributed by atoms with Gasteiger partial charge in [0.25, 0.3) is 5.91 Å². The lowest BCUT2D eigenvalue weighted by molar-refractivity contribution is -0.134. The molecule has 0 aliphatic heterocycles. The van der Waals surface area contributed by atoms with E-state index < -0.39 is 5.97 Å². The number of nitrogens with zero attached hydrogens (tertiary/aromatic N) is 1. The van der Waals surface area contributed by atoms with Gasteiger partial charge in [0.05, 0.1) is 5.56 Å². The molecule has 2 rings (SSSR count). The molecule has 0 N–H and O–H groups in total. The van der Waals surface area contributed by atoms with Crippen LogP contribution in [0.3, 0.4) is 0 Å². The molecule has 1 aromatic rings. The molecule has 0 fully saturated rings. The summed E-state index contributed by atoms with van der Waals surface area (Å²) in [5.41, 5.74) is 3.10. The molecule has 4 nitrogen and oxygen atoms in total. The quantitative estimate of drug-likeness (QED) is 0.800. The van der Waals surface area contributed by atoms with Crippen molar-refractivity contribution in [1.29, 1.82) is 0 Å². The van der Waals surface area contributed by atoms with Crippen molar-refractivity contribution in [2.45, 2.75) is 45.6 Å².